The van der Waals surface area contributed by atoms with Gasteiger partial charge < -0.3 is 10.3 Å². The van der Waals surface area contributed by atoms with Crippen LogP contribution < -0.4 is 5.73 Å². The van der Waals surface area contributed by atoms with Crippen LogP contribution in [0.2, 0.25) is 0 Å². The molecule has 5 nitrogen and oxygen atoms in total. The number of fused-ring (bicyclic) bond motifs is 1. The van der Waals surface area contributed by atoms with Gasteiger partial charge in [0.2, 0.25) is 0 Å². The minimum absolute atomic E-state index is 0.213. The molecule has 1 heterocycles. The zero-order valence-electron chi connectivity index (χ0n) is 25.2. The number of aryl methyl sites for hydroxylation is 1. The lowest BCUT2D eigenvalue weighted by Crippen LogP contribution is -2.06. The van der Waals surface area contributed by atoms with E-state index in [4.69, 9.17) is 11.0 Å². The zero-order valence-corrected chi connectivity index (χ0v) is 25.2. The number of ketones is 1. The molecule has 5 heteroatoms. The number of hydrogen-bond donors (Lipinski definition) is 1. The molecule has 4 rings (SSSR count). The quantitative estimate of drug-likeness (QED) is 0.243. The number of amidine groups is 1. The first-order chi connectivity index (χ1) is 18.5. The summed E-state index contributed by atoms with van der Waals surface area (Å²) in [4.78, 5) is 14.4. The van der Waals surface area contributed by atoms with E-state index in [1.165, 1.54) is 62.5 Å². The molecule has 0 radical (unpaired) electrons. The van der Waals surface area contributed by atoms with Gasteiger partial charge in [-0.25, -0.2) is 4.99 Å². The number of Topliss-reactive ketones (excluding diaryl/α,β-unsaturated/α-hetero) is 1. The van der Waals surface area contributed by atoms with Crippen LogP contribution in [0.3, 0.4) is 0 Å². The molecule has 0 spiro atoms. The monoisotopic (exact) mass is 530 g/mol. The van der Waals surface area contributed by atoms with E-state index < -0.39 is 0 Å². The van der Waals surface area contributed by atoms with Gasteiger partial charge in [-0.1, -0.05) is 77.5 Å². The van der Waals surface area contributed by atoms with E-state index in [1.807, 2.05) is 68.1 Å². The van der Waals surface area contributed by atoms with Crippen LogP contribution in [-0.4, -0.2) is 16.2 Å². The Labute approximate surface area is 237 Å². The lowest BCUT2D eigenvalue weighted by Gasteiger charge is -2.21. The molecule has 212 valence electrons. The van der Waals surface area contributed by atoms with E-state index in [9.17, 15) is 4.79 Å². The SMILES string of the molecule is C1CCCCC1.C=C(C)/C=C(\N=C(/C)N)n1cccc1.CC(=O)C(C)C.C[C@@H]1CCCc2cc(C#N)ccc21. The number of hydrogen-bond acceptors (Lipinski definition) is 3. The average molecular weight is 531 g/mol. The third-order valence-electron chi connectivity index (χ3n) is 6.73. The van der Waals surface area contributed by atoms with Crippen LogP contribution in [0.5, 0.6) is 0 Å². The van der Waals surface area contributed by atoms with Gasteiger partial charge in [0.05, 0.1) is 17.5 Å². The Morgan fingerprint density at radius 2 is 1.62 bits per heavy atom. The Bertz CT molecular complexity index is 1100. The summed E-state index contributed by atoms with van der Waals surface area (Å²) in [5, 5.41) is 8.76. The van der Waals surface area contributed by atoms with Crippen LogP contribution in [0.4, 0.5) is 0 Å². The molecule has 2 aromatic rings. The number of benzene rings is 1. The Morgan fingerprint density at radius 1 is 1.08 bits per heavy atom. The summed E-state index contributed by atoms with van der Waals surface area (Å²) in [6.07, 6.45) is 18.4. The van der Waals surface area contributed by atoms with Crippen molar-refractivity contribution in [2.45, 2.75) is 105 Å². The van der Waals surface area contributed by atoms with Crippen molar-refractivity contribution in [2.24, 2.45) is 16.6 Å². The lowest BCUT2D eigenvalue weighted by molar-refractivity contribution is -0.119. The Kier molecular flexibility index (Phi) is 16.2. The number of carbonyl (C=O) groups excluding carboxylic acids is 1. The topological polar surface area (TPSA) is 84.2 Å². The van der Waals surface area contributed by atoms with Crippen molar-refractivity contribution in [2.75, 3.05) is 0 Å². The summed E-state index contributed by atoms with van der Waals surface area (Å²) >= 11 is 0. The molecule has 1 saturated carbocycles. The summed E-state index contributed by atoms with van der Waals surface area (Å²) in [7, 11) is 0. The van der Waals surface area contributed by atoms with Gasteiger partial charge in [0.25, 0.3) is 0 Å². The maximum atomic E-state index is 10.1. The van der Waals surface area contributed by atoms with E-state index in [0.717, 1.165) is 23.4 Å². The van der Waals surface area contributed by atoms with Crippen molar-refractivity contribution in [3.8, 4) is 6.07 Å². The summed E-state index contributed by atoms with van der Waals surface area (Å²) in [5.41, 5.74) is 10.1. The predicted molar refractivity (Wildman–Crippen MR) is 167 cm³/mol. The second-order valence-electron chi connectivity index (χ2n) is 10.9. The van der Waals surface area contributed by atoms with Crippen LogP contribution in [0, 0.1) is 17.2 Å². The first kappa shape index (κ1) is 33.6. The van der Waals surface area contributed by atoms with Crippen molar-refractivity contribution in [1.82, 2.24) is 4.57 Å². The van der Waals surface area contributed by atoms with Gasteiger partial charge in [-0.3, -0.25) is 4.79 Å². The molecule has 2 aliphatic rings. The number of aliphatic imine (C=N–C) groups is 1. The first-order valence-corrected chi connectivity index (χ1v) is 14.4. The summed E-state index contributed by atoms with van der Waals surface area (Å²) in [5.74, 6) is 2.46. The lowest BCUT2D eigenvalue weighted by atomic mass is 9.83. The fourth-order valence-electron chi connectivity index (χ4n) is 4.24. The van der Waals surface area contributed by atoms with Crippen molar-refractivity contribution < 1.29 is 4.79 Å². The highest BCUT2D eigenvalue weighted by molar-refractivity contribution is 5.82. The van der Waals surface area contributed by atoms with Crippen LogP contribution >= 0.6 is 0 Å². The Morgan fingerprint density at radius 3 is 2.05 bits per heavy atom. The van der Waals surface area contributed by atoms with E-state index >= 15 is 0 Å². The number of carbonyl (C=O) groups is 1. The van der Waals surface area contributed by atoms with Crippen LogP contribution in [0.15, 0.2) is 65.9 Å². The van der Waals surface area contributed by atoms with Crippen molar-refractivity contribution >= 4 is 17.4 Å². The molecule has 0 amide bonds. The number of rotatable bonds is 4. The minimum atomic E-state index is 0.213. The molecular formula is C34H50N4O. The molecule has 1 aromatic carbocycles. The molecule has 39 heavy (non-hydrogen) atoms. The molecule has 1 fully saturated rings. The molecule has 1 atom stereocenters. The van der Waals surface area contributed by atoms with Gasteiger partial charge >= 0.3 is 0 Å². The maximum Gasteiger partial charge on any atom is 0.138 e. The zero-order chi connectivity index (χ0) is 29.2. The number of nitrogens with zero attached hydrogens (tertiary/aromatic N) is 3. The average Bonchev–Trinajstić information content (AvgIpc) is 3.45. The van der Waals surface area contributed by atoms with Crippen molar-refractivity contribution in [1.29, 1.82) is 5.26 Å². The van der Waals surface area contributed by atoms with E-state index in [0.29, 0.717) is 11.8 Å². The standard InChI is InChI=1S/C12H13N.C11H15N3.C6H12.C5H10O/c1-9-3-2-4-11-7-10(8-13)5-6-12(9)11;1-9(2)8-11(13-10(3)12)14-6-4-5-7-14;1-2-4-6-5-3-1;1-4(2)5(3)6/h5-7,9H,2-4H2,1H3;4-8H,1H2,2-3H3,(H2,12,13);1-6H2;4H,1-3H3/b;11-8+;;/t9-;;;/m1.../s1. The minimum Gasteiger partial charge on any atom is -0.387 e. The van der Waals surface area contributed by atoms with Crippen LogP contribution in [-0.2, 0) is 11.2 Å². The number of allylic oxidation sites excluding steroid dienone is 2. The van der Waals surface area contributed by atoms with Gasteiger partial charge in [-0.05, 0) is 87.4 Å². The molecule has 0 aliphatic heterocycles. The van der Waals surface area contributed by atoms with E-state index in [-0.39, 0.29) is 11.7 Å². The summed E-state index contributed by atoms with van der Waals surface area (Å²) in [6, 6.07) is 12.2. The Hall–Kier alpha value is -3.39. The Balaban J connectivity index is 0.000000279. The normalized spacial score (nSPS) is 16.6. The van der Waals surface area contributed by atoms with Crippen molar-refractivity contribution in [3.05, 3.63) is 77.6 Å². The fraction of sp³-hybridized carbons (Fsp3) is 0.500. The molecule has 0 unspecified atom stereocenters. The highest BCUT2D eigenvalue weighted by Crippen LogP contribution is 2.31. The number of nitriles is 1. The first-order valence-electron chi connectivity index (χ1n) is 14.4. The van der Waals surface area contributed by atoms with E-state index in [2.05, 4.69) is 30.6 Å². The van der Waals surface area contributed by atoms with Crippen LogP contribution in [0.1, 0.15) is 116 Å². The largest absolute Gasteiger partial charge is 0.387 e. The van der Waals surface area contributed by atoms with Gasteiger partial charge in [0.15, 0.2) is 0 Å². The summed E-state index contributed by atoms with van der Waals surface area (Å²) < 4.78 is 1.89. The van der Waals surface area contributed by atoms with E-state index in [1.54, 1.807) is 13.8 Å². The predicted octanol–water partition coefficient (Wildman–Crippen LogP) is 8.81. The van der Waals surface area contributed by atoms with Gasteiger partial charge in [0.1, 0.15) is 11.6 Å². The van der Waals surface area contributed by atoms with Gasteiger partial charge in [-0.2, -0.15) is 5.26 Å². The third kappa shape index (κ3) is 14.4. The molecule has 0 bridgehead atoms. The highest BCUT2D eigenvalue weighted by atomic mass is 16.1. The van der Waals surface area contributed by atoms with Gasteiger partial charge in [-0.15, -0.1) is 0 Å². The number of nitrogens with two attached hydrogens (primary N) is 1. The highest BCUT2D eigenvalue weighted by Gasteiger charge is 2.15. The van der Waals surface area contributed by atoms with Crippen molar-refractivity contribution in [3.63, 3.8) is 0 Å². The molecular weight excluding hydrogens is 480 g/mol. The van der Waals surface area contributed by atoms with Crippen LogP contribution in [0.25, 0.3) is 5.82 Å². The molecule has 0 saturated heterocycles. The summed E-state index contributed by atoms with van der Waals surface area (Å²) in [6.45, 7) is 15.1. The molecule has 2 N–H and O–H groups in total. The maximum absolute atomic E-state index is 10.1. The fourth-order valence-corrected chi connectivity index (χ4v) is 4.24. The number of aromatic nitrogens is 1. The molecule has 1 aromatic heterocycles. The second kappa shape index (κ2) is 18.8. The second-order valence-corrected chi connectivity index (χ2v) is 10.9. The van der Waals surface area contributed by atoms with Gasteiger partial charge in [0, 0.05) is 18.3 Å². The third-order valence-corrected chi connectivity index (χ3v) is 6.73. The smallest absolute Gasteiger partial charge is 0.138 e. The molecule has 2 aliphatic carbocycles.